The highest BCUT2D eigenvalue weighted by molar-refractivity contribution is 5.77. The van der Waals surface area contributed by atoms with Gasteiger partial charge in [0.15, 0.2) is 6.61 Å². The van der Waals surface area contributed by atoms with Crippen molar-refractivity contribution in [1.29, 1.82) is 0 Å². The first-order valence-corrected chi connectivity index (χ1v) is 8.18. The Bertz CT molecular complexity index is 709. The van der Waals surface area contributed by atoms with Crippen LogP contribution in [0.4, 0.5) is 5.69 Å². The molecule has 132 valence electrons. The third-order valence-corrected chi connectivity index (χ3v) is 3.80. The number of benzene rings is 2. The van der Waals surface area contributed by atoms with Gasteiger partial charge in [0, 0.05) is 18.7 Å². The number of non-ortho nitro benzene ring substituents is 1. The van der Waals surface area contributed by atoms with Crippen LogP contribution in [0.15, 0.2) is 48.5 Å². The average Bonchev–Trinajstić information content (AvgIpc) is 2.60. The molecular formula is C19H22N2O4. The Kier molecular flexibility index (Phi) is 6.51. The molecule has 0 unspecified atom stereocenters. The maximum absolute atomic E-state index is 11.8. The van der Waals surface area contributed by atoms with Crippen LogP contribution in [0.3, 0.4) is 0 Å². The Labute approximate surface area is 147 Å². The fraction of sp³-hybridized carbons (Fsp3) is 0.316. The van der Waals surface area contributed by atoms with Crippen LogP contribution in [0.2, 0.25) is 0 Å². The maximum atomic E-state index is 11.8. The average molecular weight is 342 g/mol. The summed E-state index contributed by atoms with van der Waals surface area (Å²) in [5, 5.41) is 13.4. The van der Waals surface area contributed by atoms with Crippen molar-refractivity contribution in [2.24, 2.45) is 0 Å². The highest BCUT2D eigenvalue weighted by Crippen LogP contribution is 2.17. The second-order valence-corrected chi connectivity index (χ2v) is 6.04. The smallest absolute Gasteiger partial charge is 0.269 e. The normalized spacial score (nSPS) is 10.5. The Morgan fingerprint density at radius 1 is 1.12 bits per heavy atom. The van der Waals surface area contributed by atoms with Gasteiger partial charge in [-0.3, -0.25) is 14.9 Å². The second kappa shape index (κ2) is 8.82. The van der Waals surface area contributed by atoms with Crippen LogP contribution in [0.1, 0.15) is 30.9 Å². The minimum absolute atomic E-state index is 0.0136. The van der Waals surface area contributed by atoms with Crippen LogP contribution in [0.5, 0.6) is 5.75 Å². The monoisotopic (exact) mass is 342 g/mol. The van der Waals surface area contributed by atoms with E-state index in [1.807, 2.05) is 0 Å². The van der Waals surface area contributed by atoms with Crippen molar-refractivity contribution in [3.8, 4) is 5.75 Å². The Hall–Kier alpha value is -2.89. The minimum Gasteiger partial charge on any atom is -0.484 e. The number of carbonyl (C=O) groups excluding carboxylic acids is 1. The molecule has 1 amide bonds. The number of carbonyl (C=O) groups is 1. The zero-order chi connectivity index (χ0) is 18.2. The third-order valence-electron chi connectivity index (χ3n) is 3.80. The van der Waals surface area contributed by atoms with E-state index >= 15 is 0 Å². The van der Waals surface area contributed by atoms with Crippen molar-refractivity contribution >= 4 is 11.6 Å². The van der Waals surface area contributed by atoms with Gasteiger partial charge in [-0.1, -0.05) is 38.1 Å². The largest absolute Gasteiger partial charge is 0.484 e. The summed E-state index contributed by atoms with van der Waals surface area (Å²) in [6.07, 6.45) is 0.752. The third kappa shape index (κ3) is 5.91. The lowest BCUT2D eigenvalue weighted by atomic mass is 10.0. The molecule has 0 radical (unpaired) electrons. The molecule has 2 aromatic rings. The minimum atomic E-state index is -0.482. The van der Waals surface area contributed by atoms with Crippen LogP contribution in [-0.4, -0.2) is 24.0 Å². The van der Waals surface area contributed by atoms with E-state index in [9.17, 15) is 14.9 Å². The number of amides is 1. The van der Waals surface area contributed by atoms with Gasteiger partial charge < -0.3 is 10.1 Å². The summed E-state index contributed by atoms with van der Waals surface area (Å²) < 4.78 is 5.31. The van der Waals surface area contributed by atoms with E-state index in [1.54, 1.807) is 0 Å². The number of ether oxygens (including phenoxy) is 1. The SMILES string of the molecule is CC(C)c1ccc(CCNC(=O)COc2ccc([N+](=O)[O-])cc2)cc1. The van der Waals surface area contributed by atoms with Crippen LogP contribution in [0, 0.1) is 10.1 Å². The Morgan fingerprint density at radius 3 is 2.32 bits per heavy atom. The molecule has 0 aromatic heterocycles. The summed E-state index contributed by atoms with van der Waals surface area (Å²) in [5.74, 6) is 0.701. The number of hydrogen-bond donors (Lipinski definition) is 1. The van der Waals surface area contributed by atoms with Crippen molar-refractivity contribution in [2.75, 3.05) is 13.2 Å². The first kappa shape index (κ1) is 18.4. The van der Waals surface area contributed by atoms with E-state index in [0.29, 0.717) is 18.2 Å². The maximum Gasteiger partial charge on any atom is 0.269 e. The van der Waals surface area contributed by atoms with Crippen molar-refractivity contribution in [3.05, 3.63) is 69.8 Å². The van der Waals surface area contributed by atoms with Gasteiger partial charge in [0.1, 0.15) is 5.75 Å². The van der Waals surface area contributed by atoms with Crippen LogP contribution >= 0.6 is 0 Å². The fourth-order valence-corrected chi connectivity index (χ4v) is 2.28. The van der Waals surface area contributed by atoms with Crippen LogP contribution in [-0.2, 0) is 11.2 Å². The first-order chi connectivity index (χ1) is 12.0. The number of nitrogens with zero attached hydrogens (tertiary/aromatic N) is 1. The van der Waals surface area contributed by atoms with Gasteiger partial charge >= 0.3 is 0 Å². The summed E-state index contributed by atoms with van der Waals surface area (Å²) in [5.41, 5.74) is 2.45. The number of hydrogen-bond acceptors (Lipinski definition) is 4. The summed E-state index contributed by atoms with van der Waals surface area (Å²) in [6.45, 7) is 4.72. The molecule has 0 spiro atoms. The molecule has 0 aliphatic heterocycles. The fourth-order valence-electron chi connectivity index (χ4n) is 2.28. The molecule has 1 N–H and O–H groups in total. The highest BCUT2D eigenvalue weighted by atomic mass is 16.6. The topological polar surface area (TPSA) is 81.5 Å². The van der Waals surface area contributed by atoms with Crippen molar-refractivity contribution < 1.29 is 14.5 Å². The number of nitrogens with one attached hydrogen (secondary N) is 1. The van der Waals surface area contributed by atoms with Gasteiger partial charge in [-0.15, -0.1) is 0 Å². The molecular weight excluding hydrogens is 320 g/mol. The van der Waals surface area contributed by atoms with Crippen LogP contribution in [0.25, 0.3) is 0 Å². The van der Waals surface area contributed by atoms with E-state index in [4.69, 9.17) is 4.74 Å². The molecule has 0 aliphatic carbocycles. The van der Waals surface area contributed by atoms with Gasteiger partial charge in [-0.25, -0.2) is 0 Å². The summed E-state index contributed by atoms with van der Waals surface area (Å²) >= 11 is 0. The molecule has 6 heteroatoms. The molecule has 6 nitrogen and oxygen atoms in total. The van der Waals surface area contributed by atoms with Gasteiger partial charge in [0.25, 0.3) is 11.6 Å². The van der Waals surface area contributed by atoms with E-state index in [0.717, 1.165) is 6.42 Å². The van der Waals surface area contributed by atoms with Gasteiger partial charge in [-0.2, -0.15) is 0 Å². The van der Waals surface area contributed by atoms with Gasteiger partial charge in [0.2, 0.25) is 0 Å². The van der Waals surface area contributed by atoms with E-state index in [2.05, 4.69) is 43.4 Å². The molecule has 0 bridgehead atoms. The molecule has 2 rings (SSSR count). The summed E-state index contributed by atoms with van der Waals surface area (Å²) in [4.78, 5) is 21.9. The van der Waals surface area contributed by atoms with Crippen LogP contribution < -0.4 is 10.1 Å². The van der Waals surface area contributed by atoms with Crippen molar-refractivity contribution in [2.45, 2.75) is 26.2 Å². The molecule has 25 heavy (non-hydrogen) atoms. The number of rotatable bonds is 8. The van der Waals surface area contributed by atoms with E-state index in [-0.39, 0.29) is 18.2 Å². The van der Waals surface area contributed by atoms with Gasteiger partial charge in [-0.05, 0) is 35.6 Å². The van der Waals surface area contributed by atoms with E-state index < -0.39 is 4.92 Å². The van der Waals surface area contributed by atoms with Gasteiger partial charge in [0.05, 0.1) is 4.92 Å². The zero-order valence-electron chi connectivity index (χ0n) is 14.4. The summed E-state index contributed by atoms with van der Waals surface area (Å²) in [6, 6.07) is 14.0. The predicted molar refractivity (Wildman–Crippen MR) is 95.8 cm³/mol. The molecule has 0 saturated carbocycles. The standard InChI is InChI=1S/C19H22N2O4/c1-14(2)16-5-3-15(4-6-16)11-12-20-19(22)13-25-18-9-7-17(8-10-18)21(23)24/h3-10,14H,11-13H2,1-2H3,(H,20,22). The molecule has 0 atom stereocenters. The molecule has 0 saturated heterocycles. The van der Waals surface area contributed by atoms with Crippen molar-refractivity contribution in [1.82, 2.24) is 5.32 Å². The number of nitro groups is 1. The van der Waals surface area contributed by atoms with E-state index in [1.165, 1.54) is 35.4 Å². The lowest BCUT2D eigenvalue weighted by Crippen LogP contribution is -2.30. The predicted octanol–water partition coefficient (Wildman–Crippen LogP) is 3.46. The molecule has 0 aliphatic rings. The highest BCUT2D eigenvalue weighted by Gasteiger charge is 2.06. The Balaban J connectivity index is 1.70. The quantitative estimate of drug-likeness (QED) is 0.588. The molecule has 0 fully saturated rings. The first-order valence-electron chi connectivity index (χ1n) is 8.18. The van der Waals surface area contributed by atoms with Crippen molar-refractivity contribution in [3.63, 3.8) is 0 Å². The Morgan fingerprint density at radius 2 is 1.76 bits per heavy atom. The second-order valence-electron chi connectivity index (χ2n) is 6.04. The molecule has 2 aromatic carbocycles. The summed E-state index contributed by atoms with van der Waals surface area (Å²) in [7, 11) is 0. The zero-order valence-corrected chi connectivity index (χ0v) is 14.4. The lowest BCUT2D eigenvalue weighted by molar-refractivity contribution is -0.384. The molecule has 0 heterocycles. The number of nitro benzene ring substituents is 1. The lowest BCUT2D eigenvalue weighted by Gasteiger charge is -2.09.